The van der Waals surface area contributed by atoms with E-state index in [0.717, 1.165) is 11.1 Å². The Hall–Kier alpha value is -2.32. The minimum atomic E-state index is -0.613. The van der Waals surface area contributed by atoms with Gasteiger partial charge in [-0.1, -0.05) is 24.3 Å². The van der Waals surface area contributed by atoms with Gasteiger partial charge in [0.05, 0.1) is 13.2 Å². The molecule has 0 spiro atoms. The van der Waals surface area contributed by atoms with Gasteiger partial charge in [0, 0.05) is 26.2 Å². The minimum absolute atomic E-state index is 0.150. The smallest absolute Gasteiger partial charge is 0.315 e. The van der Waals surface area contributed by atoms with Crippen LogP contribution in [0.2, 0.25) is 0 Å². The molecule has 0 saturated heterocycles. The predicted molar refractivity (Wildman–Crippen MR) is 80.6 cm³/mol. The summed E-state index contributed by atoms with van der Waals surface area (Å²) < 4.78 is 0. The average molecular weight is 310 g/mol. The molecule has 0 aliphatic carbocycles. The Balaban J connectivity index is 2.80. The highest BCUT2D eigenvalue weighted by Gasteiger charge is 2.12. The van der Waals surface area contributed by atoms with E-state index in [1.54, 1.807) is 6.07 Å². The van der Waals surface area contributed by atoms with Crippen molar-refractivity contribution in [3.8, 4) is 0 Å². The average Bonchev–Trinajstić information content (AvgIpc) is 2.46. The zero-order valence-corrected chi connectivity index (χ0v) is 12.3. The number of rotatable bonds is 8. The van der Waals surface area contributed by atoms with E-state index in [0.29, 0.717) is 0 Å². The lowest BCUT2D eigenvalue weighted by Crippen LogP contribution is -2.37. The van der Waals surface area contributed by atoms with Crippen molar-refractivity contribution in [3.63, 3.8) is 0 Å². The van der Waals surface area contributed by atoms with Crippen LogP contribution in [-0.2, 0) is 13.1 Å². The number of hydrogen-bond acceptors (Lipinski definition) is 4. The van der Waals surface area contributed by atoms with Crippen LogP contribution in [0, 0.1) is 0 Å². The second-order valence-electron chi connectivity index (χ2n) is 4.79. The van der Waals surface area contributed by atoms with Crippen molar-refractivity contribution in [3.05, 3.63) is 35.4 Å². The zero-order valence-electron chi connectivity index (χ0n) is 12.3. The first-order valence-electron chi connectivity index (χ1n) is 6.86. The van der Waals surface area contributed by atoms with Gasteiger partial charge in [-0.15, -0.1) is 0 Å². The Kier molecular flexibility index (Phi) is 7.14. The molecular formula is C14H22N4O4. The van der Waals surface area contributed by atoms with Gasteiger partial charge >= 0.3 is 12.1 Å². The van der Waals surface area contributed by atoms with Gasteiger partial charge < -0.3 is 31.5 Å². The lowest BCUT2D eigenvalue weighted by molar-refractivity contribution is 0.181. The van der Waals surface area contributed by atoms with Crippen molar-refractivity contribution in [1.82, 2.24) is 9.80 Å². The van der Waals surface area contributed by atoms with E-state index in [4.69, 9.17) is 21.7 Å². The Morgan fingerprint density at radius 2 is 1.32 bits per heavy atom. The molecule has 0 aliphatic heterocycles. The second kappa shape index (κ2) is 8.85. The molecule has 0 radical (unpaired) electrons. The molecule has 22 heavy (non-hydrogen) atoms. The molecule has 8 heteroatoms. The first-order valence-corrected chi connectivity index (χ1v) is 6.86. The molecule has 6 N–H and O–H groups in total. The number of primary amides is 2. The molecule has 0 aliphatic rings. The van der Waals surface area contributed by atoms with Crippen LogP contribution in [-0.4, -0.2) is 58.4 Å². The Bertz CT molecular complexity index is 468. The minimum Gasteiger partial charge on any atom is -0.395 e. The summed E-state index contributed by atoms with van der Waals surface area (Å²) in [6.07, 6.45) is 0. The van der Waals surface area contributed by atoms with E-state index in [9.17, 15) is 9.59 Å². The molecule has 1 aromatic rings. The van der Waals surface area contributed by atoms with Crippen LogP contribution >= 0.6 is 0 Å². The van der Waals surface area contributed by atoms with Crippen LogP contribution in [0.4, 0.5) is 9.59 Å². The predicted octanol–water partition coefficient (Wildman–Crippen LogP) is -0.567. The van der Waals surface area contributed by atoms with Gasteiger partial charge in [0.25, 0.3) is 0 Å². The van der Waals surface area contributed by atoms with Gasteiger partial charge in [-0.05, 0) is 11.1 Å². The normalized spacial score (nSPS) is 10.3. The van der Waals surface area contributed by atoms with Crippen molar-refractivity contribution in [2.45, 2.75) is 13.1 Å². The van der Waals surface area contributed by atoms with Gasteiger partial charge in [0.2, 0.25) is 0 Å². The molecule has 122 valence electrons. The monoisotopic (exact) mass is 310 g/mol. The highest BCUT2D eigenvalue weighted by atomic mass is 16.3. The molecular weight excluding hydrogens is 288 g/mol. The summed E-state index contributed by atoms with van der Waals surface area (Å²) in [5, 5.41) is 17.9. The number of nitrogens with two attached hydrogens (primary N) is 2. The van der Waals surface area contributed by atoms with Crippen molar-refractivity contribution < 1.29 is 19.8 Å². The van der Waals surface area contributed by atoms with Crippen LogP contribution in [0.3, 0.4) is 0 Å². The standard InChI is InChI=1S/C14H22N4O4/c15-13(21)17(4-6-19)9-11-2-1-3-12(8-11)10-18(5-7-20)14(16)22/h1-3,8,19-20H,4-7,9-10H2,(H2,15,21)(H2,16,22). The third kappa shape index (κ3) is 5.58. The van der Waals surface area contributed by atoms with Gasteiger partial charge in [0.15, 0.2) is 0 Å². The van der Waals surface area contributed by atoms with Crippen molar-refractivity contribution >= 4 is 12.1 Å². The molecule has 0 unspecified atom stereocenters. The van der Waals surface area contributed by atoms with E-state index < -0.39 is 12.1 Å². The zero-order chi connectivity index (χ0) is 16.5. The molecule has 0 heterocycles. The summed E-state index contributed by atoms with van der Waals surface area (Å²) in [4.78, 5) is 25.2. The summed E-state index contributed by atoms with van der Waals surface area (Å²) >= 11 is 0. The summed E-state index contributed by atoms with van der Waals surface area (Å²) in [6, 6.07) is 6.02. The van der Waals surface area contributed by atoms with E-state index in [1.807, 2.05) is 18.2 Å². The number of nitrogens with zero attached hydrogens (tertiary/aromatic N) is 2. The number of aliphatic hydroxyl groups is 2. The van der Waals surface area contributed by atoms with Gasteiger partial charge in [-0.2, -0.15) is 0 Å². The molecule has 1 rings (SSSR count). The fraction of sp³-hybridized carbons (Fsp3) is 0.429. The number of amides is 4. The topological polar surface area (TPSA) is 133 Å². The van der Waals surface area contributed by atoms with E-state index in [-0.39, 0.29) is 39.4 Å². The number of urea groups is 2. The number of carbonyl (C=O) groups excluding carboxylic acids is 2. The molecule has 0 aromatic heterocycles. The van der Waals surface area contributed by atoms with Crippen LogP contribution < -0.4 is 11.5 Å². The molecule has 0 saturated carbocycles. The number of hydrogen-bond donors (Lipinski definition) is 4. The largest absolute Gasteiger partial charge is 0.395 e. The van der Waals surface area contributed by atoms with Crippen LogP contribution in [0.5, 0.6) is 0 Å². The fourth-order valence-corrected chi connectivity index (χ4v) is 2.04. The van der Waals surface area contributed by atoms with Crippen LogP contribution in [0.15, 0.2) is 24.3 Å². The van der Waals surface area contributed by atoms with Gasteiger partial charge in [0.1, 0.15) is 0 Å². The van der Waals surface area contributed by atoms with E-state index in [1.165, 1.54) is 9.80 Å². The SMILES string of the molecule is NC(=O)N(CCO)Cc1cccc(CN(CCO)C(N)=O)c1. The van der Waals surface area contributed by atoms with E-state index >= 15 is 0 Å². The number of benzene rings is 1. The molecule has 1 aromatic carbocycles. The van der Waals surface area contributed by atoms with E-state index in [2.05, 4.69) is 0 Å². The van der Waals surface area contributed by atoms with Crippen LogP contribution in [0.1, 0.15) is 11.1 Å². The number of carbonyl (C=O) groups is 2. The maximum Gasteiger partial charge on any atom is 0.315 e. The summed E-state index contributed by atoms with van der Waals surface area (Å²) in [7, 11) is 0. The second-order valence-corrected chi connectivity index (χ2v) is 4.79. The maximum atomic E-state index is 11.3. The maximum absolute atomic E-state index is 11.3. The van der Waals surface area contributed by atoms with Crippen molar-refractivity contribution in [2.75, 3.05) is 26.3 Å². The van der Waals surface area contributed by atoms with Crippen molar-refractivity contribution in [2.24, 2.45) is 11.5 Å². The Labute approximate surface area is 128 Å². The van der Waals surface area contributed by atoms with Gasteiger partial charge in [-0.3, -0.25) is 0 Å². The summed E-state index contributed by atoms with van der Waals surface area (Å²) in [5.41, 5.74) is 12.1. The van der Waals surface area contributed by atoms with Crippen molar-refractivity contribution in [1.29, 1.82) is 0 Å². The Morgan fingerprint density at radius 3 is 1.64 bits per heavy atom. The third-order valence-corrected chi connectivity index (χ3v) is 3.10. The van der Waals surface area contributed by atoms with Gasteiger partial charge in [-0.25, -0.2) is 9.59 Å². The molecule has 0 bridgehead atoms. The number of aliphatic hydroxyl groups excluding tert-OH is 2. The first kappa shape index (κ1) is 17.7. The Morgan fingerprint density at radius 1 is 0.909 bits per heavy atom. The third-order valence-electron chi connectivity index (χ3n) is 3.10. The first-order chi connectivity index (χ1) is 10.5. The molecule has 0 fully saturated rings. The van der Waals surface area contributed by atoms with Crippen LogP contribution in [0.25, 0.3) is 0 Å². The quantitative estimate of drug-likeness (QED) is 0.512. The summed E-state index contributed by atoms with van der Waals surface area (Å²) in [6.45, 7) is 0.485. The lowest BCUT2D eigenvalue weighted by Gasteiger charge is -2.21. The lowest BCUT2D eigenvalue weighted by atomic mass is 10.1. The highest BCUT2D eigenvalue weighted by molar-refractivity contribution is 5.72. The fourth-order valence-electron chi connectivity index (χ4n) is 2.04. The highest BCUT2D eigenvalue weighted by Crippen LogP contribution is 2.11. The molecule has 0 atom stereocenters. The molecule has 4 amide bonds. The molecule has 8 nitrogen and oxygen atoms in total. The summed E-state index contributed by atoms with van der Waals surface area (Å²) in [5.74, 6) is 0.